The van der Waals surface area contributed by atoms with Crippen molar-refractivity contribution >= 4 is 39.9 Å². The molecule has 5 heteroatoms. The van der Waals surface area contributed by atoms with Gasteiger partial charge in [0.2, 0.25) is 5.89 Å². The quantitative estimate of drug-likeness (QED) is 0.240. The Hall–Kier alpha value is -4.28. The largest absolute Gasteiger partial charge is 0.403 e. The standard InChI is InChI=1S/C30H20ClNO3/c31-25-16-10-20(11-17-25)18-24(29-32-27-9-5-4-8-26(27)30(34)35-29)19-28(33)23-14-12-22(13-15-23)21-6-2-1-3-7-21/h1-18H,19H2/b24-18+. The summed E-state index contributed by atoms with van der Waals surface area (Å²) in [6.45, 7) is 0. The van der Waals surface area contributed by atoms with Gasteiger partial charge in [0.1, 0.15) is 0 Å². The molecule has 35 heavy (non-hydrogen) atoms. The Kier molecular flexibility index (Phi) is 6.38. The molecule has 0 aliphatic heterocycles. The molecule has 0 saturated carbocycles. The van der Waals surface area contributed by atoms with Crippen molar-refractivity contribution < 1.29 is 9.21 Å². The summed E-state index contributed by atoms with van der Waals surface area (Å²) in [6, 6.07) is 31.6. The van der Waals surface area contributed by atoms with Crippen LogP contribution in [0.2, 0.25) is 5.02 Å². The number of allylic oxidation sites excluding steroid dienone is 1. The zero-order chi connectivity index (χ0) is 24.2. The fraction of sp³-hybridized carbons (Fsp3) is 0.0333. The molecule has 170 valence electrons. The Bertz CT molecular complexity index is 1590. The molecule has 0 atom stereocenters. The van der Waals surface area contributed by atoms with Gasteiger partial charge in [0.15, 0.2) is 5.78 Å². The summed E-state index contributed by atoms with van der Waals surface area (Å²) in [5.74, 6) is 0.0142. The SMILES string of the molecule is O=C(C/C(=C\c1ccc(Cl)cc1)c1nc2ccccc2c(=O)o1)c1ccc(-c2ccccc2)cc1. The zero-order valence-electron chi connectivity index (χ0n) is 18.6. The number of halogens is 1. The highest BCUT2D eigenvalue weighted by atomic mass is 35.5. The molecule has 0 N–H and O–H groups in total. The number of carbonyl (C=O) groups is 1. The van der Waals surface area contributed by atoms with Gasteiger partial charge in [-0.05, 0) is 47.0 Å². The monoisotopic (exact) mass is 477 g/mol. The van der Waals surface area contributed by atoms with Crippen molar-refractivity contribution in [3.63, 3.8) is 0 Å². The molecular weight excluding hydrogens is 458 g/mol. The van der Waals surface area contributed by atoms with Crippen molar-refractivity contribution in [1.29, 1.82) is 0 Å². The van der Waals surface area contributed by atoms with Crippen LogP contribution in [0.3, 0.4) is 0 Å². The Labute approximate surface area is 207 Å². The van der Waals surface area contributed by atoms with Crippen LogP contribution in [0.25, 0.3) is 33.7 Å². The summed E-state index contributed by atoms with van der Waals surface area (Å²) in [4.78, 5) is 30.4. The van der Waals surface area contributed by atoms with E-state index >= 15 is 0 Å². The van der Waals surface area contributed by atoms with Crippen molar-refractivity contribution in [2.24, 2.45) is 0 Å². The lowest BCUT2D eigenvalue weighted by Gasteiger charge is -2.08. The van der Waals surface area contributed by atoms with Gasteiger partial charge in [-0.25, -0.2) is 9.78 Å². The van der Waals surface area contributed by atoms with Crippen LogP contribution in [0.1, 0.15) is 28.2 Å². The molecule has 0 unspecified atom stereocenters. The number of rotatable bonds is 6. The number of Topliss-reactive ketones (excluding diaryl/α,β-unsaturated/α-hetero) is 1. The number of hydrogen-bond donors (Lipinski definition) is 0. The molecule has 0 aliphatic rings. The summed E-state index contributed by atoms with van der Waals surface area (Å²) in [6.07, 6.45) is 1.81. The summed E-state index contributed by atoms with van der Waals surface area (Å²) in [5, 5.41) is 0.999. The predicted octanol–water partition coefficient (Wildman–Crippen LogP) is 7.32. The lowest BCUT2D eigenvalue weighted by Crippen LogP contribution is -2.07. The minimum atomic E-state index is -0.493. The first-order chi connectivity index (χ1) is 17.1. The van der Waals surface area contributed by atoms with Crippen molar-refractivity contribution in [2.75, 3.05) is 0 Å². The molecule has 0 saturated heterocycles. The minimum Gasteiger partial charge on any atom is -0.403 e. The van der Waals surface area contributed by atoms with Crippen LogP contribution in [0.15, 0.2) is 112 Å². The Morgan fingerprint density at radius 1 is 0.800 bits per heavy atom. The van der Waals surface area contributed by atoms with Crippen LogP contribution in [-0.4, -0.2) is 10.8 Å². The third-order valence-corrected chi connectivity index (χ3v) is 5.94. The number of para-hydroxylation sites is 1. The van der Waals surface area contributed by atoms with Crippen LogP contribution < -0.4 is 5.63 Å². The van der Waals surface area contributed by atoms with Crippen LogP contribution in [0.4, 0.5) is 0 Å². The van der Waals surface area contributed by atoms with Gasteiger partial charge in [0, 0.05) is 22.6 Å². The summed E-state index contributed by atoms with van der Waals surface area (Å²) in [7, 11) is 0. The topological polar surface area (TPSA) is 60.2 Å². The fourth-order valence-electron chi connectivity index (χ4n) is 3.86. The number of hydrogen-bond acceptors (Lipinski definition) is 4. The maximum atomic E-state index is 13.3. The molecule has 4 nitrogen and oxygen atoms in total. The molecule has 4 aromatic carbocycles. The van der Waals surface area contributed by atoms with E-state index in [2.05, 4.69) is 4.98 Å². The second kappa shape index (κ2) is 9.92. The molecule has 0 spiro atoms. The summed E-state index contributed by atoms with van der Waals surface area (Å²) >= 11 is 6.03. The van der Waals surface area contributed by atoms with E-state index in [1.165, 1.54) is 0 Å². The van der Waals surface area contributed by atoms with Gasteiger partial charge in [-0.1, -0.05) is 90.5 Å². The van der Waals surface area contributed by atoms with Crippen LogP contribution in [0.5, 0.6) is 0 Å². The molecule has 0 fully saturated rings. The van der Waals surface area contributed by atoms with Gasteiger partial charge >= 0.3 is 5.63 Å². The maximum Gasteiger partial charge on any atom is 0.347 e. The molecule has 0 aliphatic carbocycles. The number of nitrogens with zero attached hydrogens (tertiary/aromatic N) is 1. The van der Waals surface area contributed by atoms with Gasteiger partial charge in [-0.15, -0.1) is 0 Å². The van der Waals surface area contributed by atoms with Gasteiger partial charge in [0.25, 0.3) is 0 Å². The highest BCUT2D eigenvalue weighted by molar-refractivity contribution is 6.30. The molecule has 1 heterocycles. The fourth-order valence-corrected chi connectivity index (χ4v) is 3.98. The average molecular weight is 478 g/mol. The lowest BCUT2D eigenvalue weighted by atomic mass is 9.98. The van der Waals surface area contributed by atoms with E-state index in [1.807, 2.05) is 66.7 Å². The Morgan fingerprint density at radius 2 is 1.46 bits per heavy atom. The predicted molar refractivity (Wildman–Crippen MR) is 140 cm³/mol. The minimum absolute atomic E-state index is 0.0155. The average Bonchev–Trinajstić information content (AvgIpc) is 2.90. The maximum absolute atomic E-state index is 13.3. The first-order valence-electron chi connectivity index (χ1n) is 11.1. The summed E-state index contributed by atoms with van der Waals surface area (Å²) < 4.78 is 5.55. The van der Waals surface area contributed by atoms with Crippen LogP contribution in [0, 0.1) is 0 Å². The Balaban J connectivity index is 1.50. The smallest absolute Gasteiger partial charge is 0.347 e. The van der Waals surface area contributed by atoms with Crippen molar-refractivity contribution in [2.45, 2.75) is 6.42 Å². The number of aromatic nitrogens is 1. The number of benzene rings is 4. The van der Waals surface area contributed by atoms with E-state index in [9.17, 15) is 9.59 Å². The first-order valence-corrected chi connectivity index (χ1v) is 11.5. The van der Waals surface area contributed by atoms with Gasteiger partial charge in [0.05, 0.1) is 10.9 Å². The molecule has 5 aromatic rings. The molecule has 0 radical (unpaired) electrons. The lowest BCUT2D eigenvalue weighted by molar-refractivity contribution is 0.0997. The molecule has 1 aromatic heterocycles. The van der Waals surface area contributed by atoms with Gasteiger partial charge < -0.3 is 4.42 Å². The van der Waals surface area contributed by atoms with Crippen molar-refractivity contribution in [1.82, 2.24) is 4.98 Å². The zero-order valence-corrected chi connectivity index (χ0v) is 19.4. The third kappa shape index (κ3) is 5.13. The number of ketones is 1. The van der Waals surface area contributed by atoms with Crippen LogP contribution in [-0.2, 0) is 0 Å². The molecule has 5 rings (SSSR count). The van der Waals surface area contributed by atoms with E-state index in [0.29, 0.717) is 27.1 Å². The highest BCUT2D eigenvalue weighted by Gasteiger charge is 2.16. The molecule has 0 bridgehead atoms. The van der Waals surface area contributed by atoms with E-state index in [-0.39, 0.29) is 18.1 Å². The molecule has 0 amide bonds. The number of fused-ring (bicyclic) bond motifs is 1. The van der Waals surface area contributed by atoms with E-state index in [4.69, 9.17) is 16.0 Å². The van der Waals surface area contributed by atoms with Gasteiger partial charge in [-0.3, -0.25) is 4.79 Å². The molecular formula is C30H20ClNO3. The number of carbonyl (C=O) groups excluding carboxylic acids is 1. The summed E-state index contributed by atoms with van der Waals surface area (Å²) in [5.41, 5.74) is 4.02. The normalized spacial score (nSPS) is 11.5. The van der Waals surface area contributed by atoms with Crippen molar-refractivity contribution in [3.05, 3.63) is 136 Å². The second-order valence-electron chi connectivity index (χ2n) is 8.09. The highest BCUT2D eigenvalue weighted by Crippen LogP contribution is 2.25. The van der Waals surface area contributed by atoms with Gasteiger partial charge in [-0.2, -0.15) is 0 Å². The first kappa shape index (κ1) is 22.5. The van der Waals surface area contributed by atoms with E-state index < -0.39 is 5.63 Å². The van der Waals surface area contributed by atoms with E-state index in [0.717, 1.165) is 16.7 Å². The van der Waals surface area contributed by atoms with Crippen molar-refractivity contribution in [3.8, 4) is 11.1 Å². The Morgan fingerprint density at radius 3 is 2.20 bits per heavy atom. The second-order valence-corrected chi connectivity index (χ2v) is 8.52. The third-order valence-electron chi connectivity index (χ3n) is 5.69. The van der Waals surface area contributed by atoms with Crippen LogP contribution >= 0.6 is 11.6 Å². The van der Waals surface area contributed by atoms with E-state index in [1.54, 1.807) is 42.5 Å².